The van der Waals surface area contributed by atoms with Gasteiger partial charge in [-0.3, -0.25) is 9.36 Å². The zero-order valence-electron chi connectivity index (χ0n) is 22.0. The normalized spacial score (nSPS) is 15.0. The first-order chi connectivity index (χ1) is 19.3. The Balaban J connectivity index is 1.57. The van der Waals surface area contributed by atoms with Crippen molar-refractivity contribution in [2.75, 3.05) is 13.2 Å². The van der Waals surface area contributed by atoms with Gasteiger partial charge in [-0.15, -0.1) is 0 Å². The van der Waals surface area contributed by atoms with Crippen LogP contribution in [0.1, 0.15) is 48.5 Å². The van der Waals surface area contributed by atoms with Crippen molar-refractivity contribution in [3.05, 3.63) is 114 Å². The van der Waals surface area contributed by atoms with Gasteiger partial charge in [0.1, 0.15) is 11.5 Å². The Labute approximate surface area is 238 Å². The van der Waals surface area contributed by atoms with Crippen LogP contribution in [0.3, 0.4) is 0 Å². The van der Waals surface area contributed by atoms with Crippen LogP contribution in [0.15, 0.2) is 86.1 Å². The molecule has 2 aromatic carbocycles. The van der Waals surface area contributed by atoms with E-state index in [0.717, 1.165) is 0 Å². The number of furan rings is 1. The molecule has 5 rings (SSSR count). The second kappa shape index (κ2) is 11.5. The number of hydrogen-bond donors (Lipinski definition) is 0. The monoisotopic (exact) mass is 576 g/mol. The SMILES string of the molecule is CCOC(=O)C1=C(C)N=c2s/c(=C\c3ccc(-c4cccc(C(=O)OCC)c4)o3)c(=O)n2C1c1ccc(Cl)cc1. The van der Waals surface area contributed by atoms with Gasteiger partial charge in [-0.05, 0) is 62.7 Å². The lowest BCUT2D eigenvalue weighted by molar-refractivity contribution is -0.139. The van der Waals surface area contributed by atoms with Crippen molar-refractivity contribution in [3.63, 3.8) is 0 Å². The number of halogens is 1. The lowest BCUT2D eigenvalue weighted by Crippen LogP contribution is -2.39. The summed E-state index contributed by atoms with van der Waals surface area (Å²) >= 11 is 7.31. The Morgan fingerprint density at radius 1 is 1.05 bits per heavy atom. The van der Waals surface area contributed by atoms with Crippen LogP contribution in [-0.4, -0.2) is 29.7 Å². The lowest BCUT2D eigenvalue weighted by atomic mass is 9.96. The summed E-state index contributed by atoms with van der Waals surface area (Å²) in [7, 11) is 0. The van der Waals surface area contributed by atoms with Crippen molar-refractivity contribution in [2.24, 2.45) is 4.99 Å². The zero-order chi connectivity index (χ0) is 28.4. The molecule has 40 heavy (non-hydrogen) atoms. The molecule has 3 heterocycles. The summed E-state index contributed by atoms with van der Waals surface area (Å²) in [5, 5.41) is 0.538. The van der Waals surface area contributed by atoms with Gasteiger partial charge in [0.15, 0.2) is 4.80 Å². The Kier molecular flexibility index (Phi) is 7.86. The van der Waals surface area contributed by atoms with Crippen molar-refractivity contribution >= 4 is 41.0 Å². The van der Waals surface area contributed by atoms with E-state index >= 15 is 0 Å². The summed E-state index contributed by atoms with van der Waals surface area (Å²) in [4.78, 5) is 43.9. The first-order valence-electron chi connectivity index (χ1n) is 12.6. The van der Waals surface area contributed by atoms with Crippen LogP contribution in [0.5, 0.6) is 0 Å². The lowest BCUT2D eigenvalue weighted by Gasteiger charge is -2.24. The van der Waals surface area contributed by atoms with E-state index < -0.39 is 18.0 Å². The van der Waals surface area contributed by atoms with E-state index in [1.807, 2.05) is 6.07 Å². The maximum absolute atomic E-state index is 13.7. The van der Waals surface area contributed by atoms with Gasteiger partial charge in [-0.2, -0.15) is 0 Å². The van der Waals surface area contributed by atoms with Gasteiger partial charge in [-0.25, -0.2) is 14.6 Å². The molecule has 0 saturated heterocycles. The fraction of sp³-hybridized carbons (Fsp3) is 0.200. The predicted molar refractivity (Wildman–Crippen MR) is 152 cm³/mol. The number of fused-ring (bicyclic) bond motifs is 1. The van der Waals surface area contributed by atoms with E-state index in [0.29, 0.717) is 53.8 Å². The molecule has 8 nitrogen and oxygen atoms in total. The maximum Gasteiger partial charge on any atom is 0.338 e. The van der Waals surface area contributed by atoms with Crippen LogP contribution in [-0.2, 0) is 14.3 Å². The summed E-state index contributed by atoms with van der Waals surface area (Å²) in [6.07, 6.45) is 1.64. The molecular weight excluding hydrogens is 552 g/mol. The first kappa shape index (κ1) is 27.4. The molecule has 0 fully saturated rings. The van der Waals surface area contributed by atoms with Gasteiger partial charge in [0.2, 0.25) is 0 Å². The Hall–Kier alpha value is -4.21. The minimum Gasteiger partial charge on any atom is -0.463 e. The number of allylic oxidation sites excluding steroid dienone is 1. The van der Waals surface area contributed by atoms with E-state index in [2.05, 4.69) is 4.99 Å². The van der Waals surface area contributed by atoms with Crippen LogP contribution >= 0.6 is 22.9 Å². The second-order valence-electron chi connectivity index (χ2n) is 8.86. The van der Waals surface area contributed by atoms with E-state index in [1.54, 1.807) is 81.4 Å². The molecular formula is C30H25ClN2O6S. The summed E-state index contributed by atoms with van der Waals surface area (Å²) in [6, 6.07) is 16.7. The van der Waals surface area contributed by atoms with E-state index in [4.69, 9.17) is 25.5 Å². The minimum absolute atomic E-state index is 0.191. The quantitative estimate of drug-likeness (QED) is 0.291. The summed E-state index contributed by atoms with van der Waals surface area (Å²) in [5.41, 5.74) is 2.28. The van der Waals surface area contributed by atoms with Gasteiger partial charge < -0.3 is 13.9 Å². The van der Waals surface area contributed by atoms with Crippen molar-refractivity contribution < 1.29 is 23.5 Å². The molecule has 0 saturated carbocycles. The van der Waals surface area contributed by atoms with Crippen LogP contribution in [0, 0.1) is 0 Å². The Morgan fingerprint density at radius 3 is 2.50 bits per heavy atom. The summed E-state index contributed by atoms with van der Waals surface area (Å²) in [6.45, 7) is 5.68. The molecule has 1 aliphatic rings. The molecule has 0 amide bonds. The third-order valence-electron chi connectivity index (χ3n) is 6.26. The second-order valence-corrected chi connectivity index (χ2v) is 10.3. The summed E-state index contributed by atoms with van der Waals surface area (Å²) in [5.74, 6) is 0.0412. The molecule has 0 N–H and O–H groups in total. The molecule has 0 radical (unpaired) electrons. The number of nitrogens with zero attached hydrogens (tertiary/aromatic N) is 2. The van der Waals surface area contributed by atoms with Crippen LogP contribution < -0.4 is 14.9 Å². The number of aromatic nitrogens is 1. The number of carbonyl (C=O) groups excluding carboxylic acids is 2. The number of carbonyl (C=O) groups is 2. The molecule has 0 spiro atoms. The summed E-state index contributed by atoms with van der Waals surface area (Å²) < 4.78 is 18.3. The fourth-order valence-electron chi connectivity index (χ4n) is 4.48. The van der Waals surface area contributed by atoms with Gasteiger partial charge in [-0.1, -0.05) is 47.2 Å². The van der Waals surface area contributed by atoms with Gasteiger partial charge >= 0.3 is 11.9 Å². The number of hydrogen-bond acceptors (Lipinski definition) is 8. The van der Waals surface area contributed by atoms with Gasteiger partial charge in [0.25, 0.3) is 5.56 Å². The molecule has 1 atom stereocenters. The first-order valence-corrected chi connectivity index (χ1v) is 13.8. The van der Waals surface area contributed by atoms with Gasteiger partial charge in [0.05, 0.1) is 40.6 Å². The van der Waals surface area contributed by atoms with E-state index in [1.165, 1.54) is 15.9 Å². The number of thiazole rings is 1. The number of ether oxygens (including phenoxy) is 2. The highest BCUT2D eigenvalue weighted by Gasteiger charge is 2.33. The average Bonchev–Trinajstić information content (AvgIpc) is 3.53. The van der Waals surface area contributed by atoms with Crippen molar-refractivity contribution in [2.45, 2.75) is 26.8 Å². The highest BCUT2D eigenvalue weighted by Crippen LogP contribution is 2.31. The van der Waals surface area contributed by atoms with Crippen LogP contribution in [0.25, 0.3) is 17.4 Å². The number of rotatable bonds is 7. The van der Waals surface area contributed by atoms with Crippen molar-refractivity contribution in [3.8, 4) is 11.3 Å². The Bertz CT molecular complexity index is 1810. The molecule has 1 unspecified atom stereocenters. The fourth-order valence-corrected chi connectivity index (χ4v) is 5.63. The third kappa shape index (κ3) is 5.30. The largest absolute Gasteiger partial charge is 0.463 e. The molecule has 204 valence electrons. The Morgan fingerprint density at radius 2 is 1.77 bits per heavy atom. The molecule has 1 aliphatic heterocycles. The predicted octanol–water partition coefficient (Wildman–Crippen LogP) is 4.89. The van der Waals surface area contributed by atoms with E-state index in [9.17, 15) is 14.4 Å². The molecule has 0 aliphatic carbocycles. The van der Waals surface area contributed by atoms with Gasteiger partial charge in [0, 0.05) is 16.7 Å². The average molecular weight is 577 g/mol. The minimum atomic E-state index is -0.729. The van der Waals surface area contributed by atoms with E-state index in [-0.39, 0.29) is 18.8 Å². The topological polar surface area (TPSA) is 100 Å². The standard InChI is InChI=1S/C30H25ClN2O6S/c1-4-37-28(35)20-8-6-7-19(15-20)23-14-13-22(39-23)16-24-27(34)33-26(18-9-11-21(31)12-10-18)25(29(36)38-5-2)17(3)32-30(33)40-24/h6-16,26H,4-5H2,1-3H3/b24-16-. The maximum atomic E-state index is 13.7. The molecule has 10 heteroatoms. The number of esters is 2. The van der Waals surface area contributed by atoms with Crippen molar-refractivity contribution in [1.29, 1.82) is 0 Å². The van der Waals surface area contributed by atoms with Crippen molar-refractivity contribution in [1.82, 2.24) is 4.57 Å². The van der Waals surface area contributed by atoms with Crippen LogP contribution in [0.2, 0.25) is 5.02 Å². The highest BCUT2D eigenvalue weighted by atomic mass is 35.5. The van der Waals surface area contributed by atoms with Crippen LogP contribution in [0.4, 0.5) is 0 Å². The number of benzene rings is 2. The smallest absolute Gasteiger partial charge is 0.338 e. The highest BCUT2D eigenvalue weighted by molar-refractivity contribution is 7.07. The molecule has 2 aromatic heterocycles. The zero-order valence-corrected chi connectivity index (χ0v) is 23.5. The molecule has 0 bridgehead atoms. The third-order valence-corrected chi connectivity index (χ3v) is 7.50. The molecule has 4 aromatic rings.